The van der Waals surface area contributed by atoms with Crippen molar-refractivity contribution in [1.29, 1.82) is 0 Å². The van der Waals surface area contributed by atoms with Crippen molar-refractivity contribution < 1.29 is 18.9 Å². The summed E-state index contributed by atoms with van der Waals surface area (Å²) in [6, 6.07) is 8.10. The van der Waals surface area contributed by atoms with Gasteiger partial charge in [-0.2, -0.15) is 4.89 Å². The molecule has 4 rings (SSSR count). The molecule has 1 aromatic carbocycles. The molecular weight excluding hydrogens is 340 g/mol. The molecule has 2 aliphatic rings. The highest BCUT2D eigenvalue weighted by Crippen LogP contribution is 2.69. The van der Waals surface area contributed by atoms with Crippen LogP contribution in [0.5, 0.6) is 5.75 Å². The molecule has 2 saturated heterocycles. The molecule has 127 valence electrons. The van der Waals surface area contributed by atoms with E-state index in [2.05, 4.69) is 51.2 Å². The van der Waals surface area contributed by atoms with Crippen LogP contribution < -0.4 is 4.43 Å². The quantitative estimate of drug-likeness (QED) is 0.590. The minimum Gasteiger partial charge on any atom is -0.540 e. The fourth-order valence-electron chi connectivity index (χ4n) is 4.44. The molecule has 2 aliphatic heterocycles. The van der Waals surface area contributed by atoms with Crippen molar-refractivity contribution in [2.45, 2.75) is 46.0 Å². The van der Waals surface area contributed by atoms with Crippen LogP contribution in [0.2, 0.25) is 0 Å². The molecule has 4 nitrogen and oxygen atoms in total. The van der Waals surface area contributed by atoms with Crippen LogP contribution in [0, 0.1) is 10.8 Å². The Labute approximate surface area is 149 Å². The number of fused-ring (bicyclic) bond motifs is 2. The fourth-order valence-corrected chi connectivity index (χ4v) is 5.73. The van der Waals surface area contributed by atoms with E-state index >= 15 is 0 Å². The SMILES string of the molecule is CC(C)(C)C12OOC1(c1cc3cc(O[Si])ccc3s1)OCC2(C)C. The summed E-state index contributed by atoms with van der Waals surface area (Å²) in [4.78, 5) is 12.6. The zero-order valence-corrected chi connectivity index (χ0v) is 16.4. The van der Waals surface area contributed by atoms with Crippen molar-refractivity contribution in [2.75, 3.05) is 6.61 Å². The average Bonchev–Trinajstić information content (AvgIpc) is 2.93. The zero-order valence-electron chi connectivity index (χ0n) is 14.6. The number of hydrogen-bond donors (Lipinski definition) is 0. The van der Waals surface area contributed by atoms with E-state index in [4.69, 9.17) is 18.9 Å². The molecule has 2 fully saturated rings. The standard InChI is InChI=1S/C18H21O4SSi/c1-15(2,3)18-16(4,5)10-19-17(18,21-22-18)14-9-11-8-12(20-24)6-7-13(11)23-14/h6-9H,10H2,1-5H3. The van der Waals surface area contributed by atoms with E-state index < -0.39 is 11.4 Å². The van der Waals surface area contributed by atoms with Gasteiger partial charge in [-0.15, -0.1) is 11.3 Å². The van der Waals surface area contributed by atoms with Gasteiger partial charge in [0.1, 0.15) is 5.75 Å². The van der Waals surface area contributed by atoms with E-state index in [0.29, 0.717) is 6.61 Å². The van der Waals surface area contributed by atoms with E-state index in [1.54, 1.807) is 11.3 Å². The highest BCUT2D eigenvalue weighted by atomic mass is 32.1. The van der Waals surface area contributed by atoms with Gasteiger partial charge < -0.3 is 9.16 Å². The van der Waals surface area contributed by atoms with Crippen molar-refractivity contribution >= 4 is 31.9 Å². The molecule has 0 saturated carbocycles. The Kier molecular flexibility index (Phi) is 3.33. The Hall–Kier alpha value is -0.923. The summed E-state index contributed by atoms with van der Waals surface area (Å²) in [5.41, 5.74) is -0.850. The molecule has 2 atom stereocenters. The molecule has 6 heteroatoms. The molecular formula is C18H21O4SSi. The normalized spacial score (nSPS) is 31.8. The van der Waals surface area contributed by atoms with Crippen LogP contribution in [-0.4, -0.2) is 22.7 Å². The highest BCUT2D eigenvalue weighted by molar-refractivity contribution is 7.19. The predicted molar refractivity (Wildman–Crippen MR) is 94.0 cm³/mol. The van der Waals surface area contributed by atoms with Crippen molar-refractivity contribution in [1.82, 2.24) is 0 Å². The van der Waals surface area contributed by atoms with Gasteiger partial charge in [0.15, 0.2) is 5.60 Å². The number of thiophene rings is 1. The lowest BCUT2D eigenvalue weighted by Gasteiger charge is -2.60. The van der Waals surface area contributed by atoms with Gasteiger partial charge >= 0.3 is 10.5 Å². The Morgan fingerprint density at radius 1 is 1.17 bits per heavy atom. The Bertz CT molecular complexity index is 809. The lowest BCUT2D eigenvalue weighted by Crippen LogP contribution is -2.72. The first-order chi connectivity index (χ1) is 11.2. The molecule has 1 aromatic heterocycles. The second-order valence-electron chi connectivity index (χ2n) is 8.30. The summed E-state index contributed by atoms with van der Waals surface area (Å²) in [6.07, 6.45) is 0. The lowest BCUT2D eigenvalue weighted by atomic mass is 9.58. The molecule has 3 radical (unpaired) electrons. The second-order valence-corrected chi connectivity index (χ2v) is 9.59. The summed E-state index contributed by atoms with van der Waals surface area (Å²) in [7, 11) is 3.08. The molecule has 0 N–H and O–H groups in total. The van der Waals surface area contributed by atoms with E-state index in [0.717, 1.165) is 16.0 Å². The zero-order chi connectivity index (χ0) is 17.4. The van der Waals surface area contributed by atoms with Crippen molar-refractivity contribution in [3.63, 3.8) is 0 Å². The van der Waals surface area contributed by atoms with E-state index in [9.17, 15) is 0 Å². The summed E-state index contributed by atoms with van der Waals surface area (Å²) in [5.74, 6) is -0.0884. The minimum atomic E-state index is -0.854. The molecule has 24 heavy (non-hydrogen) atoms. The summed E-state index contributed by atoms with van der Waals surface area (Å²) in [6.45, 7) is 11.5. The van der Waals surface area contributed by atoms with E-state index in [1.165, 1.54) is 4.70 Å². The third-order valence-corrected chi connectivity index (χ3v) is 6.76. The highest BCUT2D eigenvalue weighted by Gasteiger charge is 2.81. The van der Waals surface area contributed by atoms with E-state index in [-0.39, 0.29) is 10.8 Å². The van der Waals surface area contributed by atoms with Crippen LogP contribution in [0.4, 0.5) is 0 Å². The molecule has 0 aliphatic carbocycles. The minimum absolute atomic E-state index is 0.148. The fraction of sp³-hybridized carbons (Fsp3) is 0.556. The monoisotopic (exact) mass is 361 g/mol. The first-order valence-electron chi connectivity index (χ1n) is 8.05. The second kappa shape index (κ2) is 4.83. The number of rotatable bonds is 2. The summed E-state index contributed by atoms with van der Waals surface area (Å²) in [5, 5.41) is 1.10. The Morgan fingerprint density at radius 3 is 2.50 bits per heavy atom. The number of ether oxygens (including phenoxy) is 1. The van der Waals surface area contributed by atoms with Crippen LogP contribution >= 0.6 is 11.3 Å². The third kappa shape index (κ3) is 1.78. The van der Waals surface area contributed by atoms with Crippen LogP contribution in [0.1, 0.15) is 39.5 Å². The van der Waals surface area contributed by atoms with Crippen LogP contribution in [0.25, 0.3) is 10.1 Å². The van der Waals surface area contributed by atoms with Crippen molar-refractivity contribution in [3.8, 4) is 5.75 Å². The maximum Gasteiger partial charge on any atom is 0.341 e. The maximum absolute atomic E-state index is 6.28. The number of benzene rings is 1. The van der Waals surface area contributed by atoms with Gasteiger partial charge in [0, 0.05) is 15.5 Å². The third-order valence-electron chi connectivity index (χ3n) is 5.32. The van der Waals surface area contributed by atoms with Gasteiger partial charge in [0.25, 0.3) is 5.79 Å². The smallest absolute Gasteiger partial charge is 0.341 e. The van der Waals surface area contributed by atoms with Crippen LogP contribution in [0.15, 0.2) is 24.3 Å². The molecule has 0 spiro atoms. The van der Waals surface area contributed by atoms with Gasteiger partial charge in [-0.25, -0.2) is 4.89 Å². The first-order valence-corrected chi connectivity index (χ1v) is 9.28. The number of hydrogen-bond acceptors (Lipinski definition) is 5. The largest absolute Gasteiger partial charge is 0.540 e. The molecule has 0 amide bonds. The van der Waals surface area contributed by atoms with Gasteiger partial charge in [-0.1, -0.05) is 34.6 Å². The van der Waals surface area contributed by atoms with Crippen LogP contribution in [0.3, 0.4) is 0 Å². The summed E-state index contributed by atoms with van der Waals surface area (Å²) < 4.78 is 12.6. The maximum atomic E-state index is 6.28. The van der Waals surface area contributed by atoms with Crippen LogP contribution in [-0.2, 0) is 20.3 Å². The van der Waals surface area contributed by atoms with Crippen molar-refractivity contribution in [3.05, 3.63) is 29.1 Å². The molecule has 2 aromatic rings. The van der Waals surface area contributed by atoms with E-state index in [1.807, 2.05) is 18.2 Å². The first kappa shape index (κ1) is 16.5. The van der Waals surface area contributed by atoms with Gasteiger partial charge in [-0.05, 0) is 29.7 Å². The Balaban J connectivity index is 1.89. The molecule has 0 bridgehead atoms. The molecule has 2 unspecified atom stereocenters. The topological polar surface area (TPSA) is 36.9 Å². The Morgan fingerprint density at radius 2 is 1.92 bits per heavy atom. The van der Waals surface area contributed by atoms with Gasteiger partial charge in [0.05, 0.1) is 11.5 Å². The molecule has 3 heterocycles. The van der Waals surface area contributed by atoms with Gasteiger partial charge in [0.2, 0.25) is 0 Å². The lowest BCUT2D eigenvalue weighted by molar-refractivity contribution is -0.625. The van der Waals surface area contributed by atoms with Crippen molar-refractivity contribution in [2.24, 2.45) is 10.8 Å². The summed E-state index contributed by atoms with van der Waals surface area (Å²) >= 11 is 1.68. The average molecular weight is 362 g/mol. The predicted octanol–water partition coefficient (Wildman–Crippen LogP) is 4.32. The van der Waals surface area contributed by atoms with Gasteiger partial charge in [-0.3, -0.25) is 0 Å².